The van der Waals surface area contributed by atoms with Crippen molar-refractivity contribution in [1.29, 1.82) is 0 Å². The van der Waals surface area contributed by atoms with Crippen LogP contribution in [-0.2, 0) is 0 Å². The summed E-state index contributed by atoms with van der Waals surface area (Å²) >= 11 is 13.1. The van der Waals surface area contributed by atoms with Gasteiger partial charge in [0.2, 0.25) is 5.13 Å². The number of ether oxygens (including phenoxy) is 1. The van der Waals surface area contributed by atoms with Gasteiger partial charge in [-0.25, -0.2) is 0 Å². The SMILES string of the molecule is FC(F)Oc1ccc(-c2nnc(Nc3ccc(Cl)c(Cl)c3)s2)cc1. The molecule has 0 bridgehead atoms. The van der Waals surface area contributed by atoms with Gasteiger partial charge < -0.3 is 10.1 Å². The van der Waals surface area contributed by atoms with E-state index in [2.05, 4.69) is 20.3 Å². The first kappa shape index (κ1) is 16.9. The summed E-state index contributed by atoms with van der Waals surface area (Å²) in [6.07, 6.45) is 0. The second-order valence-electron chi connectivity index (χ2n) is 4.57. The van der Waals surface area contributed by atoms with Crippen LogP contribution >= 0.6 is 34.5 Å². The molecule has 1 aromatic heterocycles. The second-order valence-corrected chi connectivity index (χ2v) is 6.36. The maximum Gasteiger partial charge on any atom is 0.387 e. The van der Waals surface area contributed by atoms with Gasteiger partial charge in [0.25, 0.3) is 0 Å². The Hall–Kier alpha value is -1.96. The van der Waals surface area contributed by atoms with Crippen LogP contribution in [0.1, 0.15) is 0 Å². The van der Waals surface area contributed by atoms with Gasteiger partial charge in [0.05, 0.1) is 10.0 Å². The number of aromatic nitrogens is 2. The molecule has 0 atom stereocenters. The molecule has 0 fully saturated rings. The molecule has 0 spiro atoms. The van der Waals surface area contributed by atoms with Gasteiger partial charge in [-0.15, -0.1) is 10.2 Å². The molecule has 0 amide bonds. The Bertz CT molecular complexity index is 843. The molecule has 3 aromatic rings. The van der Waals surface area contributed by atoms with Crippen LogP contribution in [-0.4, -0.2) is 16.8 Å². The Labute approximate surface area is 150 Å². The van der Waals surface area contributed by atoms with Crippen LogP contribution in [0.5, 0.6) is 5.75 Å². The Morgan fingerprint density at radius 2 is 1.75 bits per heavy atom. The van der Waals surface area contributed by atoms with Crippen molar-refractivity contribution in [3.8, 4) is 16.3 Å². The Morgan fingerprint density at radius 3 is 2.42 bits per heavy atom. The minimum Gasteiger partial charge on any atom is -0.435 e. The maximum absolute atomic E-state index is 12.1. The predicted octanol–water partition coefficient (Wildman–Crippen LogP) is 5.86. The Morgan fingerprint density at radius 1 is 1.00 bits per heavy atom. The fourth-order valence-corrected chi connectivity index (χ4v) is 2.93. The predicted molar refractivity (Wildman–Crippen MR) is 91.7 cm³/mol. The van der Waals surface area contributed by atoms with Crippen molar-refractivity contribution in [2.45, 2.75) is 6.61 Å². The van der Waals surface area contributed by atoms with E-state index in [1.165, 1.54) is 23.5 Å². The van der Waals surface area contributed by atoms with Gasteiger partial charge in [0, 0.05) is 11.3 Å². The van der Waals surface area contributed by atoms with E-state index in [-0.39, 0.29) is 5.75 Å². The molecule has 2 aromatic carbocycles. The fraction of sp³-hybridized carbons (Fsp3) is 0.0667. The molecule has 4 nitrogen and oxygen atoms in total. The van der Waals surface area contributed by atoms with Crippen LogP contribution in [0.2, 0.25) is 10.0 Å². The number of benzene rings is 2. The minimum atomic E-state index is -2.85. The van der Waals surface area contributed by atoms with Crippen LogP contribution in [0.15, 0.2) is 42.5 Å². The van der Waals surface area contributed by atoms with E-state index in [0.717, 1.165) is 11.3 Å². The number of alkyl halides is 2. The smallest absolute Gasteiger partial charge is 0.387 e. The van der Waals surface area contributed by atoms with Crippen molar-refractivity contribution < 1.29 is 13.5 Å². The first-order chi connectivity index (χ1) is 11.5. The molecule has 0 saturated carbocycles. The summed E-state index contributed by atoms with van der Waals surface area (Å²) in [4.78, 5) is 0. The zero-order valence-electron chi connectivity index (χ0n) is 11.8. The molecule has 1 N–H and O–H groups in total. The van der Waals surface area contributed by atoms with E-state index in [1.54, 1.807) is 30.3 Å². The van der Waals surface area contributed by atoms with Crippen LogP contribution in [0, 0.1) is 0 Å². The van der Waals surface area contributed by atoms with Crippen molar-refractivity contribution in [3.05, 3.63) is 52.5 Å². The third-order valence-electron chi connectivity index (χ3n) is 2.92. The van der Waals surface area contributed by atoms with Crippen LogP contribution in [0.25, 0.3) is 10.6 Å². The molecule has 0 aliphatic rings. The summed E-state index contributed by atoms with van der Waals surface area (Å²) in [5, 5.41) is 13.3. The van der Waals surface area contributed by atoms with Crippen molar-refractivity contribution in [3.63, 3.8) is 0 Å². The molecular weight excluding hydrogens is 379 g/mol. The van der Waals surface area contributed by atoms with Crippen molar-refractivity contribution in [2.24, 2.45) is 0 Å². The molecule has 124 valence electrons. The highest BCUT2D eigenvalue weighted by Gasteiger charge is 2.09. The van der Waals surface area contributed by atoms with Crippen molar-refractivity contribution in [2.75, 3.05) is 5.32 Å². The number of hydrogen-bond acceptors (Lipinski definition) is 5. The lowest BCUT2D eigenvalue weighted by atomic mass is 10.2. The summed E-state index contributed by atoms with van der Waals surface area (Å²) in [6.45, 7) is -2.85. The van der Waals surface area contributed by atoms with Crippen LogP contribution in [0.4, 0.5) is 19.6 Å². The van der Waals surface area contributed by atoms with Crippen LogP contribution in [0.3, 0.4) is 0 Å². The van der Waals surface area contributed by atoms with Gasteiger partial charge in [-0.05, 0) is 42.5 Å². The molecule has 0 aliphatic heterocycles. The minimum absolute atomic E-state index is 0.0902. The van der Waals surface area contributed by atoms with Gasteiger partial charge in [0.15, 0.2) is 0 Å². The number of hydrogen-bond donors (Lipinski definition) is 1. The first-order valence-corrected chi connectivity index (χ1v) is 8.19. The molecule has 3 rings (SSSR count). The molecule has 1 heterocycles. The van der Waals surface area contributed by atoms with Gasteiger partial charge in [-0.2, -0.15) is 8.78 Å². The molecule has 0 aliphatic carbocycles. The number of rotatable bonds is 5. The molecule has 9 heteroatoms. The van der Waals surface area contributed by atoms with Crippen molar-refractivity contribution in [1.82, 2.24) is 10.2 Å². The standard InChI is InChI=1S/C15H9Cl2F2N3OS/c16-11-6-3-9(7-12(11)17)20-15-22-21-13(24-15)8-1-4-10(5-2-8)23-14(18)19/h1-7,14H,(H,20,22). The summed E-state index contributed by atoms with van der Waals surface area (Å²) in [5.41, 5.74) is 1.48. The summed E-state index contributed by atoms with van der Waals surface area (Å²) in [7, 11) is 0. The zero-order chi connectivity index (χ0) is 17.1. The molecular formula is C15H9Cl2F2N3OS. The van der Waals surface area contributed by atoms with E-state index < -0.39 is 6.61 Å². The molecule has 0 unspecified atom stereocenters. The Balaban J connectivity index is 1.74. The van der Waals surface area contributed by atoms with Crippen molar-refractivity contribution >= 4 is 45.4 Å². The zero-order valence-corrected chi connectivity index (χ0v) is 14.2. The number of anilines is 2. The van der Waals surface area contributed by atoms with E-state index in [4.69, 9.17) is 23.2 Å². The van der Waals surface area contributed by atoms with Gasteiger partial charge in [-0.3, -0.25) is 0 Å². The number of nitrogens with zero attached hydrogens (tertiary/aromatic N) is 2. The normalized spacial score (nSPS) is 10.9. The quantitative estimate of drug-likeness (QED) is 0.595. The number of halogens is 4. The van der Waals surface area contributed by atoms with E-state index in [1.807, 2.05) is 0 Å². The molecule has 24 heavy (non-hydrogen) atoms. The lowest BCUT2D eigenvalue weighted by Gasteiger charge is -2.04. The van der Waals surface area contributed by atoms with E-state index in [0.29, 0.717) is 20.2 Å². The van der Waals surface area contributed by atoms with Crippen LogP contribution < -0.4 is 10.1 Å². The summed E-state index contributed by atoms with van der Waals surface area (Å²) in [5.74, 6) is 0.0902. The third kappa shape index (κ3) is 4.11. The highest BCUT2D eigenvalue weighted by atomic mass is 35.5. The molecule has 0 saturated heterocycles. The summed E-state index contributed by atoms with van der Waals surface area (Å²) < 4.78 is 28.6. The maximum atomic E-state index is 12.1. The van der Waals surface area contributed by atoms with E-state index in [9.17, 15) is 8.78 Å². The van der Waals surface area contributed by atoms with Gasteiger partial charge in [0.1, 0.15) is 10.8 Å². The second kappa shape index (κ2) is 7.29. The topological polar surface area (TPSA) is 47.0 Å². The Kier molecular flexibility index (Phi) is 5.13. The first-order valence-electron chi connectivity index (χ1n) is 6.62. The monoisotopic (exact) mass is 387 g/mol. The average molecular weight is 388 g/mol. The van der Waals surface area contributed by atoms with Gasteiger partial charge in [-0.1, -0.05) is 34.5 Å². The lowest BCUT2D eigenvalue weighted by molar-refractivity contribution is -0.0498. The highest BCUT2D eigenvalue weighted by molar-refractivity contribution is 7.18. The lowest BCUT2D eigenvalue weighted by Crippen LogP contribution is -2.01. The van der Waals surface area contributed by atoms with E-state index >= 15 is 0 Å². The van der Waals surface area contributed by atoms with Gasteiger partial charge >= 0.3 is 6.61 Å². The highest BCUT2D eigenvalue weighted by Crippen LogP contribution is 2.31. The number of nitrogens with one attached hydrogen (secondary N) is 1. The average Bonchev–Trinajstić information content (AvgIpc) is 3.00. The summed E-state index contributed by atoms with van der Waals surface area (Å²) in [6, 6.07) is 11.3. The molecule has 0 radical (unpaired) electrons. The fourth-order valence-electron chi connectivity index (χ4n) is 1.87. The largest absolute Gasteiger partial charge is 0.435 e. The third-order valence-corrected chi connectivity index (χ3v) is 4.55.